The third kappa shape index (κ3) is 2.57. The highest BCUT2D eigenvalue weighted by molar-refractivity contribution is 7.07. The fourth-order valence-corrected chi connectivity index (χ4v) is 2.01. The van der Waals surface area contributed by atoms with Crippen molar-refractivity contribution in [3.05, 3.63) is 40.1 Å². The zero-order valence-electron chi connectivity index (χ0n) is 9.31. The Labute approximate surface area is 107 Å². The van der Waals surface area contributed by atoms with E-state index in [2.05, 4.69) is 10.3 Å². The largest absolute Gasteiger partial charge is 0.398 e. The van der Waals surface area contributed by atoms with E-state index in [-0.39, 0.29) is 16.9 Å². The molecule has 5 N–H and O–H groups in total. The van der Waals surface area contributed by atoms with Gasteiger partial charge in [-0.15, -0.1) is 11.3 Å². The van der Waals surface area contributed by atoms with Crippen LogP contribution in [0.1, 0.15) is 16.1 Å². The fourth-order valence-electron chi connectivity index (χ4n) is 1.45. The number of amides is 1. The van der Waals surface area contributed by atoms with Gasteiger partial charge in [-0.05, 0) is 12.1 Å². The van der Waals surface area contributed by atoms with E-state index in [0.29, 0.717) is 6.54 Å². The monoisotopic (exact) mass is 266 g/mol. The molecule has 0 bridgehead atoms. The molecule has 0 atom stereocenters. The quantitative estimate of drug-likeness (QED) is 0.732. The molecule has 0 aliphatic carbocycles. The van der Waals surface area contributed by atoms with E-state index >= 15 is 0 Å². The number of nitrogens with two attached hydrogens (primary N) is 2. The summed E-state index contributed by atoms with van der Waals surface area (Å²) in [5.41, 5.74) is 13.4. The van der Waals surface area contributed by atoms with Crippen molar-refractivity contribution in [1.29, 1.82) is 0 Å². The first-order valence-electron chi connectivity index (χ1n) is 5.07. The van der Waals surface area contributed by atoms with Crippen molar-refractivity contribution in [1.82, 2.24) is 4.98 Å². The summed E-state index contributed by atoms with van der Waals surface area (Å²) in [5.74, 6) is -1.23. The van der Waals surface area contributed by atoms with Crippen LogP contribution >= 0.6 is 11.3 Å². The first-order valence-corrected chi connectivity index (χ1v) is 6.02. The number of hydrogen-bond donors (Lipinski definition) is 3. The minimum Gasteiger partial charge on any atom is -0.398 e. The first kappa shape index (κ1) is 12.3. The molecule has 0 unspecified atom stereocenters. The van der Waals surface area contributed by atoms with Gasteiger partial charge in [0, 0.05) is 11.1 Å². The molecular formula is C11H11FN4OS. The van der Waals surface area contributed by atoms with Crippen LogP contribution in [0.25, 0.3) is 0 Å². The number of anilines is 2. The summed E-state index contributed by atoms with van der Waals surface area (Å²) < 4.78 is 13.6. The van der Waals surface area contributed by atoms with Crippen molar-refractivity contribution >= 4 is 28.6 Å². The van der Waals surface area contributed by atoms with E-state index < -0.39 is 11.7 Å². The van der Waals surface area contributed by atoms with Crippen LogP contribution in [0.15, 0.2) is 23.0 Å². The maximum absolute atomic E-state index is 13.6. The predicted octanol–water partition coefficient (Wildman–Crippen LogP) is 1.58. The van der Waals surface area contributed by atoms with Crippen LogP contribution in [0.2, 0.25) is 0 Å². The highest BCUT2D eigenvalue weighted by atomic mass is 32.1. The average molecular weight is 266 g/mol. The van der Waals surface area contributed by atoms with Crippen molar-refractivity contribution < 1.29 is 9.18 Å². The van der Waals surface area contributed by atoms with Crippen LogP contribution in [-0.4, -0.2) is 10.9 Å². The summed E-state index contributed by atoms with van der Waals surface area (Å²) in [5, 5.41) is 4.69. The molecule has 1 amide bonds. The number of rotatable bonds is 4. The second-order valence-corrected chi connectivity index (χ2v) is 4.34. The molecule has 7 heteroatoms. The summed E-state index contributed by atoms with van der Waals surface area (Å²) in [6.45, 7) is 0.364. The summed E-state index contributed by atoms with van der Waals surface area (Å²) in [4.78, 5) is 15.2. The molecule has 0 spiro atoms. The molecule has 0 fully saturated rings. The number of nitrogens with zero attached hydrogens (tertiary/aromatic N) is 1. The van der Waals surface area contributed by atoms with E-state index in [9.17, 15) is 9.18 Å². The molecule has 1 heterocycles. The number of nitrogen functional groups attached to an aromatic ring is 1. The molecule has 94 valence electrons. The van der Waals surface area contributed by atoms with Gasteiger partial charge >= 0.3 is 0 Å². The Morgan fingerprint density at radius 1 is 1.50 bits per heavy atom. The van der Waals surface area contributed by atoms with Crippen molar-refractivity contribution in [2.45, 2.75) is 6.54 Å². The summed E-state index contributed by atoms with van der Waals surface area (Å²) in [6, 6.07) is 2.38. The number of nitrogens with one attached hydrogen (secondary N) is 1. The van der Waals surface area contributed by atoms with E-state index in [1.54, 1.807) is 5.51 Å². The Kier molecular flexibility index (Phi) is 3.42. The van der Waals surface area contributed by atoms with Gasteiger partial charge in [-0.3, -0.25) is 4.79 Å². The zero-order valence-corrected chi connectivity index (χ0v) is 10.1. The Morgan fingerprint density at radius 2 is 2.28 bits per heavy atom. The van der Waals surface area contributed by atoms with Crippen molar-refractivity contribution in [3.63, 3.8) is 0 Å². The van der Waals surface area contributed by atoms with Gasteiger partial charge in [-0.1, -0.05) is 0 Å². The van der Waals surface area contributed by atoms with Crippen LogP contribution < -0.4 is 16.8 Å². The Balaban J connectivity index is 2.22. The number of hydrogen-bond acceptors (Lipinski definition) is 5. The molecule has 2 rings (SSSR count). The molecule has 0 saturated carbocycles. The number of halogens is 1. The summed E-state index contributed by atoms with van der Waals surface area (Å²) >= 11 is 1.45. The molecule has 18 heavy (non-hydrogen) atoms. The van der Waals surface area contributed by atoms with Crippen LogP contribution in [-0.2, 0) is 6.54 Å². The molecular weight excluding hydrogens is 255 g/mol. The van der Waals surface area contributed by atoms with E-state index in [1.165, 1.54) is 17.4 Å². The third-order valence-corrected chi connectivity index (χ3v) is 2.98. The number of benzene rings is 1. The van der Waals surface area contributed by atoms with E-state index in [1.807, 2.05) is 5.38 Å². The summed E-state index contributed by atoms with van der Waals surface area (Å²) in [6.07, 6.45) is 0. The Hall–Kier alpha value is -2.15. The predicted molar refractivity (Wildman–Crippen MR) is 68.8 cm³/mol. The van der Waals surface area contributed by atoms with Gasteiger partial charge in [0.25, 0.3) is 5.91 Å². The van der Waals surface area contributed by atoms with Crippen LogP contribution in [0.5, 0.6) is 0 Å². The number of aromatic nitrogens is 1. The number of carbonyl (C=O) groups excluding carboxylic acids is 1. The standard InChI is InChI=1S/C11H11FN4OS/c12-8-2-9(13)7(11(14)17)1-10(8)15-3-6-4-18-5-16-6/h1-2,4-5,15H,3,13H2,(H2,14,17). The molecule has 1 aromatic carbocycles. The smallest absolute Gasteiger partial charge is 0.250 e. The fraction of sp³-hybridized carbons (Fsp3) is 0.0909. The molecule has 0 aliphatic heterocycles. The van der Waals surface area contributed by atoms with Gasteiger partial charge in [0.05, 0.1) is 29.0 Å². The van der Waals surface area contributed by atoms with Gasteiger partial charge in [-0.2, -0.15) is 0 Å². The van der Waals surface area contributed by atoms with Crippen LogP contribution in [0.3, 0.4) is 0 Å². The molecule has 0 aliphatic rings. The second-order valence-electron chi connectivity index (χ2n) is 3.62. The minimum absolute atomic E-state index is 0.0270. The van der Waals surface area contributed by atoms with Crippen molar-refractivity contribution in [3.8, 4) is 0 Å². The highest BCUT2D eigenvalue weighted by Crippen LogP contribution is 2.22. The molecule has 0 saturated heterocycles. The van der Waals surface area contributed by atoms with Gasteiger partial charge in [0.1, 0.15) is 5.82 Å². The van der Waals surface area contributed by atoms with Crippen LogP contribution in [0, 0.1) is 5.82 Å². The Morgan fingerprint density at radius 3 is 2.89 bits per heavy atom. The van der Waals surface area contributed by atoms with Crippen molar-refractivity contribution in [2.24, 2.45) is 5.73 Å². The SMILES string of the molecule is NC(=O)c1cc(NCc2cscn2)c(F)cc1N. The van der Waals surface area contributed by atoms with Gasteiger partial charge in [-0.25, -0.2) is 9.37 Å². The normalized spacial score (nSPS) is 10.3. The van der Waals surface area contributed by atoms with Gasteiger partial charge in [0.15, 0.2) is 0 Å². The molecule has 2 aromatic rings. The lowest BCUT2D eigenvalue weighted by molar-refractivity contribution is 0.100. The lowest BCUT2D eigenvalue weighted by Gasteiger charge is -2.09. The average Bonchev–Trinajstić information content (AvgIpc) is 2.80. The topological polar surface area (TPSA) is 94.0 Å². The molecule has 5 nitrogen and oxygen atoms in total. The maximum atomic E-state index is 13.6. The minimum atomic E-state index is -0.691. The first-order chi connectivity index (χ1) is 8.58. The third-order valence-electron chi connectivity index (χ3n) is 2.35. The zero-order chi connectivity index (χ0) is 13.1. The van der Waals surface area contributed by atoms with E-state index in [4.69, 9.17) is 11.5 Å². The number of primary amides is 1. The highest BCUT2D eigenvalue weighted by Gasteiger charge is 2.11. The molecule has 1 aromatic heterocycles. The second kappa shape index (κ2) is 5.01. The van der Waals surface area contributed by atoms with Gasteiger partial charge < -0.3 is 16.8 Å². The lowest BCUT2D eigenvalue weighted by atomic mass is 10.1. The number of thiazole rings is 1. The lowest BCUT2D eigenvalue weighted by Crippen LogP contribution is -2.15. The Bertz CT molecular complexity index is 571. The molecule has 0 radical (unpaired) electrons. The van der Waals surface area contributed by atoms with E-state index in [0.717, 1.165) is 11.8 Å². The maximum Gasteiger partial charge on any atom is 0.250 e. The summed E-state index contributed by atoms with van der Waals surface area (Å²) in [7, 11) is 0. The van der Waals surface area contributed by atoms with Gasteiger partial charge in [0.2, 0.25) is 0 Å². The van der Waals surface area contributed by atoms with Crippen molar-refractivity contribution in [2.75, 3.05) is 11.1 Å². The van der Waals surface area contributed by atoms with Crippen LogP contribution in [0.4, 0.5) is 15.8 Å². The number of carbonyl (C=O) groups is 1.